The van der Waals surface area contributed by atoms with Crippen LogP contribution in [-0.4, -0.2) is 37.2 Å². The molecule has 0 aliphatic heterocycles. The first-order valence-electron chi connectivity index (χ1n) is 5.61. The third-order valence-corrected chi connectivity index (χ3v) is 2.40. The lowest BCUT2D eigenvalue weighted by molar-refractivity contribution is -0.138. The number of anilines is 1. The molecule has 0 saturated heterocycles. The van der Waals surface area contributed by atoms with Gasteiger partial charge in [0.25, 0.3) is 0 Å². The van der Waals surface area contributed by atoms with Gasteiger partial charge in [-0.25, -0.2) is 9.07 Å². The maximum Gasteiger partial charge on any atom is 0.303 e. The van der Waals surface area contributed by atoms with Crippen LogP contribution in [-0.2, 0) is 9.59 Å². The summed E-state index contributed by atoms with van der Waals surface area (Å²) in [6.07, 6.45) is 0.771. The molecule has 20 heavy (non-hydrogen) atoms. The van der Waals surface area contributed by atoms with Crippen LogP contribution in [0.15, 0.2) is 24.5 Å². The van der Waals surface area contributed by atoms with Crippen LogP contribution in [0.25, 0.3) is 5.69 Å². The molecule has 0 saturated carbocycles. The second kappa shape index (κ2) is 5.87. The van der Waals surface area contributed by atoms with Crippen molar-refractivity contribution < 1.29 is 19.1 Å². The van der Waals surface area contributed by atoms with Gasteiger partial charge < -0.3 is 10.4 Å². The zero-order valence-corrected chi connectivity index (χ0v) is 10.2. The third-order valence-electron chi connectivity index (χ3n) is 2.40. The number of rotatable bonds is 5. The van der Waals surface area contributed by atoms with E-state index in [1.165, 1.54) is 23.1 Å². The van der Waals surface area contributed by atoms with Crippen LogP contribution in [0, 0.1) is 5.82 Å². The van der Waals surface area contributed by atoms with Crippen LogP contribution in [0.2, 0.25) is 0 Å². The van der Waals surface area contributed by atoms with E-state index in [-0.39, 0.29) is 18.5 Å². The average molecular weight is 279 g/mol. The molecular formula is C11H10FN5O3. The van der Waals surface area contributed by atoms with E-state index in [1.54, 1.807) is 0 Å². The first-order chi connectivity index (χ1) is 9.56. The van der Waals surface area contributed by atoms with Gasteiger partial charge in [-0.3, -0.25) is 9.59 Å². The molecule has 2 N–H and O–H groups in total. The number of tetrazole rings is 1. The average Bonchev–Trinajstić information content (AvgIpc) is 2.93. The van der Waals surface area contributed by atoms with E-state index >= 15 is 0 Å². The highest BCUT2D eigenvalue weighted by molar-refractivity contribution is 5.92. The van der Waals surface area contributed by atoms with Crippen molar-refractivity contribution in [2.75, 3.05) is 5.32 Å². The Kier molecular flexibility index (Phi) is 3.99. The normalized spacial score (nSPS) is 10.2. The van der Waals surface area contributed by atoms with E-state index in [9.17, 15) is 14.0 Å². The molecule has 0 radical (unpaired) electrons. The highest BCUT2D eigenvalue weighted by atomic mass is 19.1. The van der Waals surface area contributed by atoms with E-state index in [0.717, 1.165) is 6.07 Å². The maximum atomic E-state index is 13.6. The van der Waals surface area contributed by atoms with E-state index < -0.39 is 17.7 Å². The Hall–Kier alpha value is -2.84. The molecule has 0 unspecified atom stereocenters. The fourth-order valence-corrected chi connectivity index (χ4v) is 1.46. The first-order valence-corrected chi connectivity index (χ1v) is 5.61. The third kappa shape index (κ3) is 3.34. The summed E-state index contributed by atoms with van der Waals surface area (Å²) in [6.45, 7) is 0. The molecule has 1 amide bonds. The largest absolute Gasteiger partial charge is 0.481 e. The Balaban J connectivity index is 2.13. The predicted octanol–water partition coefficient (Wildman–Crippen LogP) is 0.605. The molecule has 0 bridgehead atoms. The van der Waals surface area contributed by atoms with Crippen molar-refractivity contribution in [2.45, 2.75) is 12.8 Å². The molecule has 0 aliphatic carbocycles. The molecule has 1 aromatic heterocycles. The number of aliphatic carboxylic acids is 1. The van der Waals surface area contributed by atoms with E-state index in [0.29, 0.717) is 5.69 Å². The molecular weight excluding hydrogens is 269 g/mol. The van der Waals surface area contributed by atoms with Crippen molar-refractivity contribution in [3.05, 3.63) is 30.3 Å². The molecule has 0 spiro atoms. The Morgan fingerprint density at radius 1 is 1.35 bits per heavy atom. The Bertz CT molecular complexity index is 629. The van der Waals surface area contributed by atoms with E-state index in [4.69, 9.17) is 5.11 Å². The van der Waals surface area contributed by atoms with Crippen LogP contribution in [0.3, 0.4) is 0 Å². The van der Waals surface area contributed by atoms with Crippen molar-refractivity contribution >= 4 is 17.6 Å². The first kappa shape index (κ1) is 13.6. The molecule has 104 valence electrons. The molecule has 0 aliphatic rings. The van der Waals surface area contributed by atoms with Gasteiger partial charge in [0.1, 0.15) is 12.1 Å². The van der Waals surface area contributed by atoms with Crippen molar-refractivity contribution in [3.8, 4) is 5.69 Å². The quantitative estimate of drug-likeness (QED) is 0.829. The summed E-state index contributed by atoms with van der Waals surface area (Å²) >= 11 is 0. The number of amides is 1. The van der Waals surface area contributed by atoms with Gasteiger partial charge in [0, 0.05) is 6.42 Å². The highest BCUT2D eigenvalue weighted by Gasteiger charge is 2.10. The number of carbonyl (C=O) groups excluding carboxylic acids is 1. The number of halogens is 1. The number of hydrogen-bond donors (Lipinski definition) is 2. The second-order valence-electron chi connectivity index (χ2n) is 3.86. The lowest BCUT2D eigenvalue weighted by Crippen LogP contribution is -2.14. The summed E-state index contributed by atoms with van der Waals surface area (Å²) in [5.41, 5.74) is 0.401. The van der Waals surface area contributed by atoms with Crippen LogP contribution in [0.5, 0.6) is 0 Å². The van der Waals surface area contributed by atoms with E-state index in [2.05, 4.69) is 20.8 Å². The summed E-state index contributed by atoms with van der Waals surface area (Å²) < 4.78 is 14.9. The van der Waals surface area contributed by atoms with Gasteiger partial charge in [0.15, 0.2) is 0 Å². The minimum absolute atomic E-state index is 0.0617. The predicted molar refractivity (Wildman–Crippen MR) is 64.6 cm³/mol. The van der Waals surface area contributed by atoms with Crippen molar-refractivity contribution in [1.29, 1.82) is 0 Å². The zero-order chi connectivity index (χ0) is 14.5. The summed E-state index contributed by atoms with van der Waals surface area (Å²) in [6, 6.07) is 3.95. The topological polar surface area (TPSA) is 110 Å². The van der Waals surface area contributed by atoms with Gasteiger partial charge in [-0.15, -0.1) is 5.10 Å². The maximum absolute atomic E-state index is 13.6. The molecule has 0 fully saturated rings. The van der Waals surface area contributed by atoms with Crippen LogP contribution < -0.4 is 5.32 Å². The molecule has 1 heterocycles. The highest BCUT2D eigenvalue weighted by Crippen LogP contribution is 2.18. The fraction of sp³-hybridized carbons (Fsp3) is 0.182. The van der Waals surface area contributed by atoms with Gasteiger partial charge >= 0.3 is 5.97 Å². The van der Waals surface area contributed by atoms with Crippen molar-refractivity contribution in [2.24, 2.45) is 0 Å². The van der Waals surface area contributed by atoms with Crippen LogP contribution in [0.4, 0.5) is 10.1 Å². The number of nitrogens with one attached hydrogen (secondary N) is 1. The lowest BCUT2D eigenvalue weighted by atomic mass is 10.2. The summed E-state index contributed by atoms with van der Waals surface area (Å²) in [5, 5.41) is 21.3. The van der Waals surface area contributed by atoms with Gasteiger partial charge in [-0.05, 0) is 28.6 Å². The smallest absolute Gasteiger partial charge is 0.303 e. The number of benzene rings is 1. The summed E-state index contributed by atoms with van der Waals surface area (Å²) in [4.78, 5) is 21.8. The number of carbonyl (C=O) groups is 2. The second-order valence-corrected chi connectivity index (χ2v) is 3.86. The summed E-state index contributed by atoms with van der Waals surface area (Å²) in [7, 11) is 0. The van der Waals surface area contributed by atoms with Gasteiger partial charge in [0.2, 0.25) is 5.91 Å². The number of carboxylic acid groups (broad SMARTS) is 1. The SMILES string of the molecule is O=C(O)CCC(=O)Nc1cc(-n2cnnn2)ccc1F. The van der Waals surface area contributed by atoms with Crippen molar-refractivity contribution in [3.63, 3.8) is 0 Å². The lowest BCUT2D eigenvalue weighted by Gasteiger charge is -2.07. The van der Waals surface area contributed by atoms with Gasteiger partial charge in [0.05, 0.1) is 17.8 Å². The molecule has 2 rings (SSSR count). The van der Waals surface area contributed by atoms with E-state index in [1.807, 2.05) is 0 Å². The number of hydrogen-bond acceptors (Lipinski definition) is 5. The molecule has 1 aromatic carbocycles. The molecule has 8 nitrogen and oxygen atoms in total. The fourth-order valence-electron chi connectivity index (χ4n) is 1.46. The number of aromatic nitrogens is 4. The Labute approximate surface area is 112 Å². The number of nitrogens with zero attached hydrogens (tertiary/aromatic N) is 4. The Morgan fingerprint density at radius 2 is 2.15 bits per heavy atom. The minimum Gasteiger partial charge on any atom is -0.481 e. The minimum atomic E-state index is -1.09. The van der Waals surface area contributed by atoms with Crippen molar-refractivity contribution in [1.82, 2.24) is 20.2 Å². The molecule has 0 atom stereocenters. The van der Waals surface area contributed by atoms with Crippen LogP contribution in [0.1, 0.15) is 12.8 Å². The molecule has 2 aromatic rings. The van der Waals surface area contributed by atoms with Gasteiger partial charge in [-0.1, -0.05) is 0 Å². The van der Waals surface area contributed by atoms with Gasteiger partial charge in [-0.2, -0.15) is 0 Å². The summed E-state index contributed by atoms with van der Waals surface area (Å²) in [5.74, 6) is -2.31. The Morgan fingerprint density at radius 3 is 2.80 bits per heavy atom. The number of carboxylic acids is 1. The zero-order valence-electron chi connectivity index (χ0n) is 10.2. The van der Waals surface area contributed by atoms with Crippen LogP contribution >= 0.6 is 0 Å². The monoisotopic (exact) mass is 279 g/mol. The molecule has 9 heteroatoms. The standard InChI is InChI=1S/C11H10FN5O3/c12-8-2-1-7(17-6-13-15-16-17)5-9(8)14-10(18)3-4-11(19)20/h1-2,5-6H,3-4H2,(H,14,18)(H,19,20).